The molecule has 1 aromatic heterocycles. The first-order valence-electron chi connectivity index (χ1n) is 3.74. The second-order valence-corrected chi connectivity index (χ2v) is 2.54. The summed E-state index contributed by atoms with van der Waals surface area (Å²) in [5, 5.41) is 4.08. The van der Waals surface area contributed by atoms with Crippen molar-refractivity contribution in [2.45, 2.75) is 6.92 Å². The molecule has 0 aliphatic heterocycles. The zero-order valence-corrected chi connectivity index (χ0v) is 7.79. The Morgan fingerprint density at radius 3 is 2.85 bits per heavy atom. The van der Waals surface area contributed by atoms with Crippen molar-refractivity contribution >= 4 is 5.97 Å². The van der Waals surface area contributed by atoms with E-state index < -0.39 is 5.97 Å². The van der Waals surface area contributed by atoms with Crippen LogP contribution in [-0.4, -0.2) is 22.9 Å². The van der Waals surface area contributed by atoms with Crippen LogP contribution in [0.1, 0.15) is 11.4 Å². The summed E-state index contributed by atoms with van der Waals surface area (Å²) in [5.41, 5.74) is 1.57. The number of esters is 1. The van der Waals surface area contributed by atoms with Gasteiger partial charge in [0, 0.05) is 13.0 Å². The van der Waals surface area contributed by atoms with Crippen LogP contribution in [0.5, 0.6) is 0 Å². The van der Waals surface area contributed by atoms with Crippen LogP contribution >= 0.6 is 0 Å². The number of aryl methyl sites for hydroxylation is 2. The number of hydrogen-bond acceptors (Lipinski definition) is 3. The van der Waals surface area contributed by atoms with Gasteiger partial charge in [0.1, 0.15) is 5.69 Å². The molecule has 0 spiro atoms. The van der Waals surface area contributed by atoms with Gasteiger partial charge < -0.3 is 4.74 Å². The predicted octanol–water partition coefficient (Wildman–Crippen LogP) is 0.253. The van der Waals surface area contributed by atoms with E-state index in [2.05, 4.69) is 21.7 Å². The molecule has 0 aliphatic rings. The van der Waals surface area contributed by atoms with Gasteiger partial charge in [-0.05, 0) is 18.9 Å². The van der Waals surface area contributed by atoms with Crippen molar-refractivity contribution in [3.05, 3.63) is 17.5 Å². The normalized spacial score (nSPS) is 8.85. The number of ether oxygens (including phenoxy) is 1. The van der Waals surface area contributed by atoms with E-state index >= 15 is 0 Å². The van der Waals surface area contributed by atoms with Crippen molar-refractivity contribution in [1.29, 1.82) is 0 Å². The minimum Gasteiger partial charge on any atom is -0.459 e. The Morgan fingerprint density at radius 2 is 2.38 bits per heavy atom. The lowest BCUT2D eigenvalue weighted by molar-refractivity contribution is -0.133. The van der Waals surface area contributed by atoms with Crippen LogP contribution in [0, 0.1) is 18.8 Å². The lowest BCUT2D eigenvalue weighted by Crippen LogP contribution is -1.97. The molecular formula is C9H10N2O2. The molecule has 0 atom stereocenters. The average molecular weight is 178 g/mol. The molecule has 1 rings (SSSR count). The summed E-state index contributed by atoms with van der Waals surface area (Å²) >= 11 is 0. The van der Waals surface area contributed by atoms with Gasteiger partial charge >= 0.3 is 5.97 Å². The van der Waals surface area contributed by atoms with E-state index in [1.165, 1.54) is 7.11 Å². The first-order chi connectivity index (χ1) is 6.13. The van der Waals surface area contributed by atoms with Crippen molar-refractivity contribution in [1.82, 2.24) is 9.78 Å². The minimum absolute atomic E-state index is 0.543. The zero-order chi connectivity index (χ0) is 9.84. The van der Waals surface area contributed by atoms with Crippen LogP contribution in [0.25, 0.3) is 0 Å². The van der Waals surface area contributed by atoms with E-state index in [4.69, 9.17) is 0 Å². The lowest BCUT2D eigenvalue weighted by atomic mass is 10.4. The summed E-state index contributed by atoms with van der Waals surface area (Å²) in [4.78, 5) is 10.7. The van der Waals surface area contributed by atoms with Gasteiger partial charge in [-0.15, -0.1) is 0 Å². The summed E-state index contributed by atoms with van der Waals surface area (Å²) < 4.78 is 5.99. The van der Waals surface area contributed by atoms with Gasteiger partial charge in [0.15, 0.2) is 0 Å². The maximum atomic E-state index is 10.7. The second kappa shape index (κ2) is 3.76. The van der Waals surface area contributed by atoms with Crippen LogP contribution in [-0.2, 0) is 16.6 Å². The quantitative estimate of drug-likeness (QED) is 0.422. The average Bonchev–Trinajstić information content (AvgIpc) is 2.41. The summed E-state index contributed by atoms with van der Waals surface area (Å²) in [6.07, 6.45) is 0. The Morgan fingerprint density at radius 1 is 1.69 bits per heavy atom. The molecule has 0 aliphatic carbocycles. The monoisotopic (exact) mass is 178 g/mol. The first kappa shape index (κ1) is 9.33. The fourth-order valence-corrected chi connectivity index (χ4v) is 0.894. The van der Waals surface area contributed by atoms with Gasteiger partial charge in [0.2, 0.25) is 0 Å². The summed E-state index contributed by atoms with van der Waals surface area (Å²) in [6, 6.07) is 1.80. The summed E-state index contributed by atoms with van der Waals surface area (Å²) in [7, 11) is 3.07. The fourth-order valence-electron chi connectivity index (χ4n) is 0.894. The highest BCUT2D eigenvalue weighted by Crippen LogP contribution is 1.98. The highest BCUT2D eigenvalue weighted by Gasteiger charge is 1.97. The Labute approximate surface area is 76.5 Å². The third-order valence-electron chi connectivity index (χ3n) is 1.48. The van der Waals surface area contributed by atoms with Crippen molar-refractivity contribution in [3.8, 4) is 11.8 Å². The molecule has 0 aromatic carbocycles. The molecule has 13 heavy (non-hydrogen) atoms. The van der Waals surface area contributed by atoms with Gasteiger partial charge in [-0.2, -0.15) is 5.10 Å². The van der Waals surface area contributed by atoms with Crippen molar-refractivity contribution in [2.24, 2.45) is 7.05 Å². The smallest absolute Gasteiger partial charge is 0.384 e. The van der Waals surface area contributed by atoms with E-state index in [1.54, 1.807) is 17.8 Å². The molecule has 4 nitrogen and oxygen atoms in total. The van der Waals surface area contributed by atoms with Gasteiger partial charge in [-0.1, -0.05) is 0 Å². The lowest BCUT2D eigenvalue weighted by Gasteiger charge is -1.89. The van der Waals surface area contributed by atoms with Gasteiger partial charge in [0.25, 0.3) is 0 Å². The molecule has 0 fully saturated rings. The molecule has 0 saturated heterocycles. The molecule has 4 heteroatoms. The Hall–Kier alpha value is -1.76. The van der Waals surface area contributed by atoms with E-state index in [1.807, 2.05) is 6.92 Å². The molecule has 0 bridgehead atoms. The maximum Gasteiger partial charge on any atom is 0.384 e. The topological polar surface area (TPSA) is 44.1 Å². The largest absolute Gasteiger partial charge is 0.459 e. The molecular weight excluding hydrogens is 168 g/mol. The molecule has 0 N–H and O–H groups in total. The molecule has 1 heterocycles. The Bertz CT molecular complexity index is 382. The third-order valence-corrected chi connectivity index (χ3v) is 1.48. The van der Waals surface area contributed by atoms with E-state index in [0.29, 0.717) is 5.69 Å². The van der Waals surface area contributed by atoms with Gasteiger partial charge in [0.05, 0.1) is 12.8 Å². The zero-order valence-electron chi connectivity index (χ0n) is 7.79. The number of nitrogens with zero attached hydrogens (tertiary/aromatic N) is 2. The molecule has 1 aromatic rings. The Balaban J connectivity index is 2.89. The molecule has 68 valence electrons. The van der Waals surface area contributed by atoms with Crippen LogP contribution in [0.15, 0.2) is 6.07 Å². The van der Waals surface area contributed by atoms with Crippen LogP contribution in [0.3, 0.4) is 0 Å². The molecule has 0 unspecified atom stereocenters. The Kier molecular flexibility index (Phi) is 2.70. The standard InChI is InChI=1S/C9H10N2O2/c1-7-6-8(11(2)10-7)4-5-9(12)13-3/h6H,1-3H3. The number of hydrogen-bond donors (Lipinski definition) is 0. The first-order valence-corrected chi connectivity index (χ1v) is 3.74. The van der Waals surface area contributed by atoms with Crippen molar-refractivity contribution < 1.29 is 9.53 Å². The van der Waals surface area contributed by atoms with Gasteiger partial charge in [-0.25, -0.2) is 4.79 Å². The van der Waals surface area contributed by atoms with Gasteiger partial charge in [-0.3, -0.25) is 4.68 Å². The van der Waals surface area contributed by atoms with Crippen LogP contribution < -0.4 is 0 Å². The van der Waals surface area contributed by atoms with Crippen molar-refractivity contribution in [3.63, 3.8) is 0 Å². The minimum atomic E-state index is -0.543. The molecule has 0 radical (unpaired) electrons. The van der Waals surface area contributed by atoms with Crippen LogP contribution in [0.4, 0.5) is 0 Å². The molecule has 0 saturated carbocycles. The summed E-state index contributed by atoms with van der Waals surface area (Å²) in [6.45, 7) is 1.86. The number of carbonyl (C=O) groups is 1. The number of aromatic nitrogens is 2. The van der Waals surface area contributed by atoms with E-state index in [0.717, 1.165) is 5.69 Å². The SMILES string of the molecule is COC(=O)C#Cc1cc(C)nn1C. The number of carbonyl (C=O) groups excluding carboxylic acids is 1. The molecule has 0 amide bonds. The predicted molar refractivity (Wildman–Crippen MR) is 46.8 cm³/mol. The fraction of sp³-hybridized carbons (Fsp3) is 0.333. The number of rotatable bonds is 0. The van der Waals surface area contributed by atoms with Crippen LogP contribution in [0.2, 0.25) is 0 Å². The maximum absolute atomic E-state index is 10.7. The van der Waals surface area contributed by atoms with E-state index in [-0.39, 0.29) is 0 Å². The second-order valence-electron chi connectivity index (χ2n) is 2.54. The number of methoxy groups -OCH3 is 1. The summed E-state index contributed by atoms with van der Waals surface area (Å²) in [5.74, 6) is 4.45. The highest BCUT2D eigenvalue weighted by atomic mass is 16.5. The van der Waals surface area contributed by atoms with Crippen molar-refractivity contribution in [2.75, 3.05) is 7.11 Å². The van der Waals surface area contributed by atoms with E-state index in [9.17, 15) is 4.79 Å². The highest BCUT2D eigenvalue weighted by molar-refractivity contribution is 5.88. The third kappa shape index (κ3) is 2.34.